The van der Waals surface area contributed by atoms with Crippen LogP contribution in [0.3, 0.4) is 0 Å². The molecule has 0 atom stereocenters. The van der Waals surface area contributed by atoms with Crippen molar-refractivity contribution in [3.05, 3.63) is 29.6 Å². The Hall–Kier alpha value is -1.42. The molecule has 0 aliphatic heterocycles. The van der Waals surface area contributed by atoms with Gasteiger partial charge in [-0.15, -0.1) is 0 Å². The Morgan fingerprint density at radius 1 is 1.60 bits per heavy atom. The van der Waals surface area contributed by atoms with Gasteiger partial charge in [0, 0.05) is 12.7 Å². The van der Waals surface area contributed by atoms with Crippen molar-refractivity contribution in [2.24, 2.45) is 5.73 Å². The highest BCUT2D eigenvalue weighted by Gasteiger charge is 2.23. The minimum atomic E-state index is -0.704. The highest BCUT2D eigenvalue weighted by molar-refractivity contribution is 5.83. The molecule has 0 saturated carbocycles. The number of nitrogens with two attached hydrogens (primary N) is 1. The summed E-state index contributed by atoms with van der Waals surface area (Å²) >= 11 is 0. The molecule has 15 heavy (non-hydrogen) atoms. The maximum atomic E-state index is 11.1. The number of nitrogens with one attached hydrogen (secondary N) is 1. The first-order valence-corrected chi connectivity index (χ1v) is 4.89. The second-order valence-corrected chi connectivity index (χ2v) is 4.11. The number of carbonyl (C=O) groups is 1. The molecule has 1 rings (SSSR count). The Balaban J connectivity index is 2.66. The van der Waals surface area contributed by atoms with Crippen LogP contribution in [0.25, 0.3) is 0 Å². The molecule has 0 aliphatic carbocycles. The highest BCUT2D eigenvalue weighted by atomic mass is 16.1. The van der Waals surface area contributed by atoms with E-state index in [2.05, 4.69) is 10.3 Å². The summed E-state index contributed by atoms with van der Waals surface area (Å²) in [6.07, 6.45) is 1.74. The molecule has 4 heteroatoms. The number of carbonyl (C=O) groups excluding carboxylic acids is 1. The van der Waals surface area contributed by atoms with Crippen molar-refractivity contribution < 1.29 is 4.79 Å². The molecule has 0 radical (unpaired) electrons. The third kappa shape index (κ3) is 3.02. The van der Waals surface area contributed by atoms with Gasteiger partial charge in [0.2, 0.25) is 5.91 Å². The fourth-order valence-electron chi connectivity index (χ4n) is 1.10. The lowest BCUT2D eigenvalue weighted by Gasteiger charge is -2.22. The summed E-state index contributed by atoms with van der Waals surface area (Å²) in [7, 11) is 0. The van der Waals surface area contributed by atoms with Crippen LogP contribution in [-0.2, 0) is 11.3 Å². The Morgan fingerprint density at radius 3 is 2.80 bits per heavy atom. The van der Waals surface area contributed by atoms with Crippen molar-refractivity contribution >= 4 is 5.91 Å². The van der Waals surface area contributed by atoms with Crippen molar-refractivity contribution in [1.29, 1.82) is 0 Å². The maximum absolute atomic E-state index is 11.1. The molecular weight excluding hydrogens is 190 g/mol. The molecule has 1 heterocycles. The van der Waals surface area contributed by atoms with E-state index < -0.39 is 5.54 Å². The Bertz CT molecular complexity index is 361. The Morgan fingerprint density at radius 2 is 2.27 bits per heavy atom. The van der Waals surface area contributed by atoms with Crippen LogP contribution in [0.15, 0.2) is 18.3 Å². The van der Waals surface area contributed by atoms with Gasteiger partial charge >= 0.3 is 0 Å². The number of rotatable bonds is 4. The van der Waals surface area contributed by atoms with Crippen LogP contribution in [0.2, 0.25) is 0 Å². The Labute approximate surface area is 89.9 Å². The number of pyridine rings is 1. The van der Waals surface area contributed by atoms with Crippen LogP contribution in [0.1, 0.15) is 25.1 Å². The van der Waals surface area contributed by atoms with E-state index in [1.54, 1.807) is 20.0 Å². The van der Waals surface area contributed by atoms with Crippen molar-refractivity contribution in [3.63, 3.8) is 0 Å². The lowest BCUT2D eigenvalue weighted by Crippen LogP contribution is -2.50. The number of aromatic nitrogens is 1. The summed E-state index contributed by atoms with van der Waals surface area (Å²) in [5, 5.41) is 3.08. The van der Waals surface area contributed by atoms with Crippen LogP contribution < -0.4 is 11.1 Å². The highest BCUT2D eigenvalue weighted by Crippen LogP contribution is 2.06. The monoisotopic (exact) mass is 207 g/mol. The summed E-state index contributed by atoms with van der Waals surface area (Å²) in [5.41, 5.74) is 6.59. The average Bonchev–Trinajstić information content (AvgIpc) is 2.16. The smallest absolute Gasteiger partial charge is 0.237 e. The third-order valence-electron chi connectivity index (χ3n) is 2.43. The van der Waals surface area contributed by atoms with E-state index >= 15 is 0 Å². The van der Waals surface area contributed by atoms with Crippen LogP contribution in [0.5, 0.6) is 0 Å². The second kappa shape index (κ2) is 4.40. The first kappa shape index (κ1) is 11.7. The molecule has 0 fully saturated rings. The lowest BCUT2D eigenvalue weighted by molar-refractivity contribution is -0.123. The molecule has 0 unspecified atom stereocenters. The van der Waals surface area contributed by atoms with Gasteiger partial charge in [-0.2, -0.15) is 0 Å². The quantitative estimate of drug-likeness (QED) is 0.765. The molecule has 82 valence electrons. The van der Waals surface area contributed by atoms with Crippen LogP contribution in [-0.4, -0.2) is 16.4 Å². The predicted octanol–water partition coefficient (Wildman–Crippen LogP) is 0.744. The number of nitrogens with zero attached hydrogens (tertiary/aromatic N) is 1. The van der Waals surface area contributed by atoms with Gasteiger partial charge in [0.05, 0.1) is 11.2 Å². The largest absolute Gasteiger partial charge is 0.368 e. The summed E-state index contributed by atoms with van der Waals surface area (Å²) in [6.45, 7) is 6.05. The summed E-state index contributed by atoms with van der Waals surface area (Å²) < 4.78 is 0. The van der Waals surface area contributed by atoms with Gasteiger partial charge in [-0.05, 0) is 32.4 Å². The van der Waals surface area contributed by atoms with Gasteiger partial charge in [-0.25, -0.2) is 0 Å². The predicted molar refractivity (Wildman–Crippen MR) is 59.1 cm³/mol. The molecule has 0 spiro atoms. The van der Waals surface area contributed by atoms with Gasteiger partial charge in [0.15, 0.2) is 0 Å². The van der Waals surface area contributed by atoms with E-state index in [4.69, 9.17) is 5.73 Å². The van der Waals surface area contributed by atoms with Gasteiger partial charge < -0.3 is 5.73 Å². The molecule has 0 aliphatic rings. The minimum absolute atomic E-state index is 0.365. The summed E-state index contributed by atoms with van der Waals surface area (Å²) in [4.78, 5) is 15.3. The van der Waals surface area contributed by atoms with E-state index in [0.717, 1.165) is 11.3 Å². The number of amides is 1. The van der Waals surface area contributed by atoms with E-state index in [-0.39, 0.29) is 5.91 Å². The minimum Gasteiger partial charge on any atom is -0.368 e. The lowest BCUT2D eigenvalue weighted by atomic mass is 10.0. The van der Waals surface area contributed by atoms with Gasteiger partial charge in [-0.1, -0.05) is 6.07 Å². The van der Waals surface area contributed by atoms with Crippen molar-refractivity contribution in [3.8, 4) is 0 Å². The normalized spacial score (nSPS) is 11.4. The fraction of sp³-hybridized carbons (Fsp3) is 0.455. The Kier molecular flexibility index (Phi) is 3.42. The van der Waals surface area contributed by atoms with Crippen molar-refractivity contribution in [2.45, 2.75) is 32.9 Å². The fourth-order valence-corrected chi connectivity index (χ4v) is 1.10. The van der Waals surface area contributed by atoms with E-state index in [9.17, 15) is 4.79 Å². The number of hydrogen-bond donors (Lipinski definition) is 2. The van der Waals surface area contributed by atoms with Crippen LogP contribution >= 0.6 is 0 Å². The van der Waals surface area contributed by atoms with Gasteiger partial charge in [0.1, 0.15) is 0 Å². The zero-order valence-corrected chi connectivity index (χ0v) is 9.37. The number of primary amides is 1. The second-order valence-electron chi connectivity index (χ2n) is 4.11. The van der Waals surface area contributed by atoms with E-state index in [0.29, 0.717) is 6.54 Å². The molecular formula is C11H17N3O. The van der Waals surface area contributed by atoms with Crippen molar-refractivity contribution in [1.82, 2.24) is 10.3 Å². The first-order valence-electron chi connectivity index (χ1n) is 4.89. The SMILES string of the molecule is Cc1cccnc1CNC(C)(C)C(N)=O. The van der Waals surface area contributed by atoms with Crippen LogP contribution in [0.4, 0.5) is 0 Å². The molecule has 1 aromatic heterocycles. The maximum Gasteiger partial charge on any atom is 0.237 e. The summed E-state index contributed by atoms with van der Waals surface area (Å²) in [6, 6.07) is 3.87. The molecule has 1 aromatic rings. The first-order chi connectivity index (χ1) is 6.93. The van der Waals surface area contributed by atoms with Crippen LogP contribution in [0, 0.1) is 6.92 Å². The molecule has 0 saturated heterocycles. The van der Waals surface area contributed by atoms with Crippen molar-refractivity contribution in [2.75, 3.05) is 0 Å². The van der Waals surface area contributed by atoms with E-state index in [1.165, 1.54) is 0 Å². The zero-order valence-electron chi connectivity index (χ0n) is 9.37. The molecule has 3 N–H and O–H groups in total. The molecule has 0 bridgehead atoms. The number of hydrogen-bond acceptors (Lipinski definition) is 3. The molecule has 1 amide bonds. The standard InChI is InChI=1S/C11H17N3O/c1-8-5-4-6-13-9(8)7-14-11(2,3)10(12)15/h4-6,14H,7H2,1-3H3,(H2,12,15). The van der Waals surface area contributed by atoms with Gasteiger partial charge in [0.25, 0.3) is 0 Å². The topological polar surface area (TPSA) is 68.0 Å². The molecule has 0 aromatic carbocycles. The zero-order chi connectivity index (χ0) is 11.5. The average molecular weight is 207 g/mol. The van der Waals surface area contributed by atoms with E-state index in [1.807, 2.05) is 19.1 Å². The number of aryl methyl sites for hydroxylation is 1. The van der Waals surface area contributed by atoms with Gasteiger partial charge in [-0.3, -0.25) is 15.1 Å². The third-order valence-corrected chi connectivity index (χ3v) is 2.43. The molecule has 4 nitrogen and oxygen atoms in total. The summed E-state index contributed by atoms with van der Waals surface area (Å²) in [5.74, 6) is -0.365.